The normalized spacial score (nSPS) is 12.3. The third-order valence-electron chi connectivity index (χ3n) is 2.23. The summed E-state index contributed by atoms with van der Waals surface area (Å²) in [5.41, 5.74) is 0. The maximum Gasteiger partial charge on any atom is 0.318 e. The van der Waals surface area contributed by atoms with Gasteiger partial charge in [0.25, 0.3) is 0 Å². The number of unbranched alkanes of at least 4 members (excludes halogenated alkanes) is 2. The molecule has 0 fully saturated rings. The zero-order valence-electron chi connectivity index (χ0n) is 10.1. The van der Waals surface area contributed by atoms with Crippen molar-refractivity contribution in [2.45, 2.75) is 46.1 Å². The van der Waals surface area contributed by atoms with Crippen LogP contribution in [-0.4, -0.2) is 42.1 Å². The first-order chi connectivity index (χ1) is 7.31. The number of carbonyl (C=O) groups is 1. The van der Waals surface area contributed by atoms with Crippen molar-refractivity contribution in [3.05, 3.63) is 0 Å². The standard InChI is InChI=1S/C10H21NO4S/c1-4-5-6-7-16(14,15)11(9(2)3)8-10(12)13/h9H,4-8H2,1-3H3,(H,12,13). The quantitative estimate of drug-likeness (QED) is 0.660. The lowest BCUT2D eigenvalue weighted by atomic mass is 10.3. The second-order valence-corrected chi connectivity index (χ2v) is 6.10. The van der Waals surface area contributed by atoms with E-state index in [1.165, 1.54) is 0 Å². The molecule has 0 aromatic rings. The third kappa shape index (κ3) is 5.46. The largest absolute Gasteiger partial charge is 0.480 e. The van der Waals surface area contributed by atoms with Crippen molar-refractivity contribution < 1.29 is 18.3 Å². The van der Waals surface area contributed by atoms with Gasteiger partial charge >= 0.3 is 5.97 Å². The topological polar surface area (TPSA) is 74.7 Å². The van der Waals surface area contributed by atoms with Crippen LogP contribution in [0.15, 0.2) is 0 Å². The number of sulfonamides is 1. The van der Waals surface area contributed by atoms with Crippen LogP contribution in [0.1, 0.15) is 40.0 Å². The molecular weight excluding hydrogens is 230 g/mol. The molecule has 0 saturated heterocycles. The van der Waals surface area contributed by atoms with Gasteiger partial charge in [0.05, 0.1) is 5.75 Å². The smallest absolute Gasteiger partial charge is 0.318 e. The molecule has 0 aromatic carbocycles. The molecule has 0 saturated carbocycles. The fourth-order valence-corrected chi connectivity index (χ4v) is 3.14. The van der Waals surface area contributed by atoms with Crippen molar-refractivity contribution in [3.63, 3.8) is 0 Å². The Morgan fingerprint density at radius 1 is 1.31 bits per heavy atom. The van der Waals surface area contributed by atoms with Crippen molar-refractivity contribution in [2.24, 2.45) is 0 Å². The van der Waals surface area contributed by atoms with Gasteiger partial charge in [-0.3, -0.25) is 4.79 Å². The lowest BCUT2D eigenvalue weighted by Crippen LogP contribution is -2.41. The Bertz CT molecular complexity index is 311. The minimum absolute atomic E-state index is 0.0340. The van der Waals surface area contributed by atoms with Gasteiger partial charge in [-0.2, -0.15) is 4.31 Å². The summed E-state index contributed by atoms with van der Waals surface area (Å²) in [5.74, 6) is -1.08. The first-order valence-corrected chi connectivity index (χ1v) is 7.13. The molecule has 6 heteroatoms. The van der Waals surface area contributed by atoms with Gasteiger partial charge in [0, 0.05) is 6.04 Å². The van der Waals surface area contributed by atoms with Gasteiger partial charge in [0.1, 0.15) is 6.54 Å². The van der Waals surface area contributed by atoms with Gasteiger partial charge in [-0.25, -0.2) is 8.42 Å². The predicted molar refractivity (Wildman–Crippen MR) is 62.8 cm³/mol. The van der Waals surface area contributed by atoms with Crippen LogP contribution in [0.4, 0.5) is 0 Å². The average Bonchev–Trinajstić information content (AvgIpc) is 2.13. The van der Waals surface area contributed by atoms with Crippen LogP contribution in [-0.2, 0) is 14.8 Å². The van der Waals surface area contributed by atoms with Crippen LogP contribution in [0.25, 0.3) is 0 Å². The van der Waals surface area contributed by atoms with E-state index in [0.29, 0.717) is 6.42 Å². The Hall–Kier alpha value is -0.620. The second kappa shape index (κ2) is 6.85. The summed E-state index contributed by atoms with van der Waals surface area (Å²) in [6.07, 6.45) is 2.37. The van der Waals surface area contributed by atoms with Crippen LogP contribution in [0.2, 0.25) is 0 Å². The lowest BCUT2D eigenvalue weighted by molar-refractivity contribution is -0.137. The second-order valence-electron chi connectivity index (χ2n) is 4.06. The van der Waals surface area contributed by atoms with Crippen molar-refractivity contribution >= 4 is 16.0 Å². The molecule has 0 aliphatic heterocycles. The number of rotatable bonds is 8. The highest BCUT2D eigenvalue weighted by molar-refractivity contribution is 7.89. The predicted octanol–water partition coefficient (Wildman–Crippen LogP) is 1.30. The molecule has 96 valence electrons. The Balaban J connectivity index is 4.57. The molecule has 0 atom stereocenters. The first-order valence-electron chi connectivity index (χ1n) is 5.52. The highest BCUT2D eigenvalue weighted by Crippen LogP contribution is 2.10. The van der Waals surface area contributed by atoms with E-state index in [1.807, 2.05) is 6.92 Å². The van der Waals surface area contributed by atoms with E-state index in [1.54, 1.807) is 13.8 Å². The first kappa shape index (κ1) is 15.4. The molecule has 0 heterocycles. The fraction of sp³-hybridized carbons (Fsp3) is 0.900. The molecule has 0 radical (unpaired) electrons. The van der Waals surface area contributed by atoms with Gasteiger partial charge in [-0.05, 0) is 20.3 Å². The molecule has 0 amide bonds. The molecule has 1 N–H and O–H groups in total. The van der Waals surface area contributed by atoms with Crippen LogP contribution in [0.3, 0.4) is 0 Å². The van der Waals surface area contributed by atoms with Gasteiger partial charge in [0.2, 0.25) is 10.0 Å². The molecule has 0 aliphatic rings. The van der Waals surface area contributed by atoms with Crippen molar-refractivity contribution in [1.29, 1.82) is 0 Å². The van der Waals surface area contributed by atoms with E-state index in [0.717, 1.165) is 17.1 Å². The maximum atomic E-state index is 11.8. The molecule has 0 aromatic heterocycles. The third-order valence-corrected chi connectivity index (χ3v) is 4.30. The molecule has 16 heavy (non-hydrogen) atoms. The Morgan fingerprint density at radius 3 is 2.25 bits per heavy atom. The zero-order valence-corrected chi connectivity index (χ0v) is 11.0. The average molecular weight is 251 g/mol. The number of aliphatic carboxylic acids is 1. The Kier molecular flexibility index (Phi) is 6.59. The summed E-state index contributed by atoms with van der Waals surface area (Å²) < 4.78 is 24.7. The summed E-state index contributed by atoms with van der Waals surface area (Å²) in [4.78, 5) is 10.6. The maximum absolute atomic E-state index is 11.8. The van der Waals surface area contributed by atoms with Crippen molar-refractivity contribution in [2.75, 3.05) is 12.3 Å². The van der Waals surface area contributed by atoms with E-state index in [-0.39, 0.29) is 11.8 Å². The highest BCUT2D eigenvalue weighted by atomic mass is 32.2. The number of carboxylic acid groups (broad SMARTS) is 1. The molecule has 0 bridgehead atoms. The monoisotopic (exact) mass is 251 g/mol. The zero-order chi connectivity index (χ0) is 12.8. The van der Waals surface area contributed by atoms with Crippen molar-refractivity contribution in [1.82, 2.24) is 4.31 Å². The lowest BCUT2D eigenvalue weighted by Gasteiger charge is -2.23. The molecule has 5 nitrogen and oxygen atoms in total. The number of hydrogen-bond acceptors (Lipinski definition) is 3. The summed E-state index contributed by atoms with van der Waals surface area (Å²) in [5, 5.41) is 8.66. The van der Waals surface area contributed by atoms with Crippen molar-refractivity contribution in [3.8, 4) is 0 Å². The molecule has 0 unspecified atom stereocenters. The van der Waals surface area contributed by atoms with E-state index >= 15 is 0 Å². The summed E-state index contributed by atoms with van der Waals surface area (Å²) in [6.45, 7) is 4.90. The van der Waals surface area contributed by atoms with Gasteiger partial charge < -0.3 is 5.11 Å². The summed E-state index contributed by atoms with van der Waals surface area (Å²) in [6, 6.07) is -0.317. The van der Waals surface area contributed by atoms with Crippen LogP contribution in [0.5, 0.6) is 0 Å². The SMILES string of the molecule is CCCCCS(=O)(=O)N(CC(=O)O)C(C)C. The van der Waals surface area contributed by atoms with Crippen LogP contribution in [0, 0.1) is 0 Å². The van der Waals surface area contributed by atoms with Crippen LogP contribution >= 0.6 is 0 Å². The van der Waals surface area contributed by atoms with E-state index in [4.69, 9.17) is 5.11 Å². The fourth-order valence-electron chi connectivity index (χ4n) is 1.39. The summed E-state index contributed by atoms with van der Waals surface area (Å²) >= 11 is 0. The van der Waals surface area contributed by atoms with Crippen LogP contribution < -0.4 is 0 Å². The minimum Gasteiger partial charge on any atom is -0.480 e. The van der Waals surface area contributed by atoms with E-state index in [2.05, 4.69) is 0 Å². The molecule has 0 rings (SSSR count). The number of nitrogens with zero attached hydrogens (tertiary/aromatic N) is 1. The Morgan fingerprint density at radius 2 is 1.88 bits per heavy atom. The minimum atomic E-state index is -3.44. The molecular formula is C10H21NO4S. The molecule has 0 spiro atoms. The summed E-state index contributed by atoms with van der Waals surface area (Å²) in [7, 11) is -3.44. The Labute approximate surface area is 97.5 Å². The number of carboxylic acids is 1. The molecule has 0 aliphatic carbocycles. The number of hydrogen-bond donors (Lipinski definition) is 1. The highest BCUT2D eigenvalue weighted by Gasteiger charge is 2.26. The van der Waals surface area contributed by atoms with E-state index in [9.17, 15) is 13.2 Å². The van der Waals surface area contributed by atoms with Gasteiger partial charge in [0.15, 0.2) is 0 Å². The van der Waals surface area contributed by atoms with Gasteiger partial charge in [-0.1, -0.05) is 19.8 Å². The van der Waals surface area contributed by atoms with Gasteiger partial charge in [-0.15, -0.1) is 0 Å². The van der Waals surface area contributed by atoms with E-state index < -0.39 is 22.5 Å².